The van der Waals surface area contributed by atoms with E-state index in [4.69, 9.17) is 0 Å². The first kappa shape index (κ1) is 13.2. The molecule has 4 nitrogen and oxygen atoms in total. The number of halogens is 2. The van der Waals surface area contributed by atoms with Gasteiger partial charge in [-0.15, -0.1) is 0 Å². The topological polar surface area (TPSA) is 46.9 Å². The SMILES string of the molecule is CC(=O)Nc1c(C)nn(-c2cc(F)ccc2F)c1C. The molecule has 1 N–H and O–H groups in total. The molecule has 0 radical (unpaired) electrons. The average Bonchev–Trinajstić information content (AvgIpc) is 2.60. The molecule has 0 spiro atoms. The van der Waals surface area contributed by atoms with E-state index in [2.05, 4.69) is 10.4 Å². The van der Waals surface area contributed by atoms with Crippen molar-refractivity contribution < 1.29 is 13.6 Å². The molecular weight excluding hydrogens is 252 g/mol. The molecule has 0 fully saturated rings. The van der Waals surface area contributed by atoms with Crippen LogP contribution in [0.2, 0.25) is 0 Å². The molecule has 0 unspecified atom stereocenters. The van der Waals surface area contributed by atoms with Gasteiger partial charge in [-0.2, -0.15) is 5.10 Å². The molecule has 2 rings (SSSR count). The lowest BCUT2D eigenvalue weighted by atomic mass is 10.2. The Morgan fingerprint density at radius 3 is 2.63 bits per heavy atom. The Kier molecular flexibility index (Phi) is 3.33. The van der Waals surface area contributed by atoms with E-state index in [0.29, 0.717) is 17.1 Å². The molecule has 1 heterocycles. The Balaban J connectivity index is 2.57. The number of carbonyl (C=O) groups excluding carboxylic acids is 1. The summed E-state index contributed by atoms with van der Waals surface area (Å²) in [6, 6.07) is 3.14. The van der Waals surface area contributed by atoms with Gasteiger partial charge in [0.15, 0.2) is 0 Å². The zero-order valence-corrected chi connectivity index (χ0v) is 10.8. The molecule has 0 bridgehead atoms. The fourth-order valence-corrected chi connectivity index (χ4v) is 1.88. The predicted octanol–water partition coefficient (Wildman–Crippen LogP) is 2.73. The number of anilines is 1. The van der Waals surface area contributed by atoms with E-state index in [-0.39, 0.29) is 11.6 Å². The monoisotopic (exact) mass is 265 g/mol. The van der Waals surface area contributed by atoms with E-state index in [0.717, 1.165) is 18.2 Å². The van der Waals surface area contributed by atoms with Gasteiger partial charge in [-0.1, -0.05) is 0 Å². The minimum atomic E-state index is -0.582. The van der Waals surface area contributed by atoms with Crippen molar-refractivity contribution in [3.63, 3.8) is 0 Å². The van der Waals surface area contributed by atoms with E-state index < -0.39 is 11.6 Å². The first-order valence-electron chi connectivity index (χ1n) is 5.69. The van der Waals surface area contributed by atoms with Gasteiger partial charge in [0.1, 0.15) is 17.3 Å². The third-order valence-electron chi connectivity index (χ3n) is 2.73. The van der Waals surface area contributed by atoms with Crippen molar-refractivity contribution in [3.8, 4) is 5.69 Å². The Hall–Kier alpha value is -2.24. The fraction of sp³-hybridized carbons (Fsp3) is 0.231. The lowest BCUT2D eigenvalue weighted by molar-refractivity contribution is -0.114. The minimum absolute atomic E-state index is 0.0113. The highest BCUT2D eigenvalue weighted by atomic mass is 19.1. The predicted molar refractivity (Wildman–Crippen MR) is 67.3 cm³/mol. The van der Waals surface area contributed by atoms with Gasteiger partial charge in [-0.3, -0.25) is 4.79 Å². The van der Waals surface area contributed by atoms with Crippen LogP contribution >= 0.6 is 0 Å². The average molecular weight is 265 g/mol. The third-order valence-corrected chi connectivity index (χ3v) is 2.73. The van der Waals surface area contributed by atoms with Crippen LogP contribution in [0.5, 0.6) is 0 Å². The van der Waals surface area contributed by atoms with Crippen molar-refractivity contribution in [3.05, 3.63) is 41.2 Å². The van der Waals surface area contributed by atoms with Crippen LogP contribution in [0.1, 0.15) is 18.3 Å². The van der Waals surface area contributed by atoms with Gasteiger partial charge in [0, 0.05) is 13.0 Å². The van der Waals surface area contributed by atoms with Crippen LogP contribution in [0.3, 0.4) is 0 Å². The maximum atomic E-state index is 13.7. The van der Waals surface area contributed by atoms with Gasteiger partial charge in [0.2, 0.25) is 5.91 Å². The second-order valence-corrected chi connectivity index (χ2v) is 4.23. The Bertz CT molecular complexity index is 650. The minimum Gasteiger partial charge on any atom is -0.323 e. The first-order valence-corrected chi connectivity index (χ1v) is 5.69. The van der Waals surface area contributed by atoms with Crippen molar-refractivity contribution >= 4 is 11.6 Å². The number of aryl methyl sites for hydroxylation is 1. The molecule has 6 heteroatoms. The van der Waals surface area contributed by atoms with Crippen LogP contribution in [-0.2, 0) is 4.79 Å². The van der Waals surface area contributed by atoms with Crippen molar-refractivity contribution in [2.24, 2.45) is 0 Å². The molecule has 1 aromatic heterocycles. The highest BCUT2D eigenvalue weighted by Crippen LogP contribution is 2.24. The van der Waals surface area contributed by atoms with E-state index in [1.54, 1.807) is 13.8 Å². The molecule has 0 saturated carbocycles. The third kappa shape index (κ3) is 2.47. The molecule has 0 aliphatic carbocycles. The number of amides is 1. The molecule has 0 aliphatic rings. The second kappa shape index (κ2) is 4.79. The molecule has 19 heavy (non-hydrogen) atoms. The van der Waals surface area contributed by atoms with Crippen LogP contribution < -0.4 is 5.32 Å². The molecule has 1 aromatic carbocycles. The largest absolute Gasteiger partial charge is 0.323 e. The fourth-order valence-electron chi connectivity index (χ4n) is 1.88. The highest BCUT2D eigenvalue weighted by molar-refractivity contribution is 5.90. The summed E-state index contributed by atoms with van der Waals surface area (Å²) in [6.07, 6.45) is 0. The lowest BCUT2D eigenvalue weighted by Gasteiger charge is -2.07. The number of hydrogen-bond donors (Lipinski definition) is 1. The van der Waals surface area contributed by atoms with E-state index in [1.165, 1.54) is 11.6 Å². The quantitative estimate of drug-likeness (QED) is 0.907. The number of nitrogens with one attached hydrogen (secondary N) is 1. The molecular formula is C13H13F2N3O. The molecule has 0 atom stereocenters. The second-order valence-electron chi connectivity index (χ2n) is 4.23. The van der Waals surface area contributed by atoms with Crippen LogP contribution in [0, 0.1) is 25.5 Å². The Labute approximate surface area is 109 Å². The number of aromatic nitrogens is 2. The van der Waals surface area contributed by atoms with Gasteiger partial charge in [-0.25, -0.2) is 13.5 Å². The summed E-state index contributed by atoms with van der Waals surface area (Å²) in [6.45, 7) is 4.74. The van der Waals surface area contributed by atoms with Gasteiger partial charge in [0.05, 0.1) is 17.1 Å². The number of rotatable bonds is 2. The van der Waals surface area contributed by atoms with Gasteiger partial charge in [0.25, 0.3) is 0 Å². The van der Waals surface area contributed by atoms with Gasteiger partial charge >= 0.3 is 0 Å². The van der Waals surface area contributed by atoms with Gasteiger partial charge < -0.3 is 5.32 Å². The normalized spacial score (nSPS) is 10.6. The Morgan fingerprint density at radius 1 is 1.32 bits per heavy atom. The number of hydrogen-bond acceptors (Lipinski definition) is 2. The summed E-state index contributed by atoms with van der Waals surface area (Å²) in [5.74, 6) is -1.38. The van der Waals surface area contributed by atoms with Crippen molar-refractivity contribution in [1.29, 1.82) is 0 Å². The van der Waals surface area contributed by atoms with Crippen LogP contribution in [0.15, 0.2) is 18.2 Å². The number of benzene rings is 1. The zero-order chi connectivity index (χ0) is 14.2. The molecule has 0 aliphatic heterocycles. The smallest absolute Gasteiger partial charge is 0.221 e. The maximum Gasteiger partial charge on any atom is 0.221 e. The van der Waals surface area contributed by atoms with Crippen LogP contribution in [0.25, 0.3) is 5.69 Å². The molecule has 100 valence electrons. The van der Waals surface area contributed by atoms with Crippen LogP contribution in [-0.4, -0.2) is 15.7 Å². The van der Waals surface area contributed by atoms with Crippen molar-refractivity contribution in [2.45, 2.75) is 20.8 Å². The van der Waals surface area contributed by atoms with Crippen LogP contribution in [0.4, 0.5) is 14.5 Å². The van der Waals surface area contributed by atoms with Crippen molar-refractivity contribution in [2.75, 3.05) is 5.32 Å². The number of carbonyl (C=O) groups is 1. The summed E-state index contributed by atoms with van der Waals surface area (Å²) in [5.41, 5.74) is 1.60. The van der Waals surface area contributed by atoms with Gasteiger partial charge in [-0.05, 0) is 26.0 Å². The summed E-state index contributed by atoms with van der Waals surface area (Å²) in [7, 11) is 0. The summed E-state index contributed by atoms with van der Waals surface area (Å²) in [5, 5.41) is 6.76. The summed E-state index contributed by atoms with van der Waals surface area (Å²) < 4.78 is 28.2. The van der Waals surface area contributed by atoms with E-state index in [9.17, 15) is 13.6 Å². The maximum absolute atomic E-state index is 13.7. The molecule has 2 aromatic rings. The zero-order valence-electron chi connectivity index (χ0n) is 10.8. The first-order chi connectivity index (χ1) is 8.90. The lowest BCUT2D eigenvalue weighted by Crippen LogP contribution is -2.08. The van der Waals surface area contributed by atoms with E-state index in [1.807, 2.05) is 0 Å². The molecule has 0 saturated heterocycles. The standard InChI is InChI=1S/C13H13F2N3O/c1-7-13(16-9(3)19)8(2)18(17-7)12-6-10(14)4-5-11(12)15/h4-6H,1-3H3,(H,16,19). The Morgan fingerprint density at radius 2 is 2.00 bits per heavy atom. The van der Waals surface area contributed by atoms with E-state index >= 15 is 0 Å². The summed E-state index contributed by atoms with van der Waals surface area (Å²) in [4.78, 5) is 11.1. The highest BCUT2D eigenvalue weighted by Gasteiger charge is 2.16. The molecule has 1 amide bonds. The number of nitrogens with zero attached hydrogens (tertiary/aromatic N) is 2. The summed E-state index contributed by atoms with van der Waals surface area (Å²) >= 11 is 0. The van der Waals surface area contributed by atoms with Crippen molar-refractivity contribution in [1.82, 2.24) is 9.78 Å².